The Morgan fingerprint density at radius 1 is 0.350 bits per heavy atom. The van der Waals surface area contributed by atoms with Crippen LogP contribution < -0.4 is 0 Å². The van der Waals surface area contributed by atoms with Gasteiger partial charge in [-0.2, -0.15) is 0 Å². The SMILES string of the molecule is c1ccc(-c2ccc(-c3ccc(-c4cccc5cc6ccccc6cc45)c4cc5ccccc5cc34)cn2)nc1. The van der Waals surface area contributed by atoms with E-state index in [2.05, 4.69) is 120 Å². The minimum absolute atomic E-state index is 0.874. The first-order chi connectivity index (χ1) is 19.8. The summed E-state index contributed by atoms with van der Waals surface area (Å²) >= 11 is 0. The number of hydrogen-bond acceptors (Lipinski definition) is 2. The monoisotopic (exact) mass is 508 g/mol. The highest BCUT2D eigenvalue weighted by atomic mass is 14.8. The average molecular weight is 509 g/mol. The number of nitrogens with zero attached hydrogens (tertiary/aromatic N) is 2. The zero-order valence-corrected chi connectivity index (χ0v) is 21.8. The Morgan fingerprint density at radius 3 is 1.60 bits per heavy atom. The molecule has 8 rings (SSSR count). The molecule has 0 fully saturated rings. The molecule has 0 atom stereocenters. The second-order valence-electron chi connectivity index (χ2n) is 10.3. The molecule has 0 bridgehead atoms. The summed E-state index contributed by atoms with van der Waals surface area (Å²) in [6, 6.07) is 47.8. The summed E-state index contributed by atoms with van der Waals surface area (Å²) in [4.78, 5) is 9.24. The van der Waals surface area contributed by atoms with E-state index in [1.54, 1.807) is 6.20 Å². The number of benzene rings is 6. The topological polar surface area (TPSA) is 25.8 Å². The summed E-state index contributed by atoms with van der Waals surface area (Å²) < 4.78 is 0. The first-order valence-electron chi connectivity index (χ1n) is 13.6. The molecule has 0 aliphatic heterocycles. The first-order valence-corrected chi connectivity index (χ1v) is 13.6. The van der Waals surface area contributed by atoms with Crippen molar-refractivity contribution in [3.05, 3.63) is 146 Å². The van der Waals surface area contributed by atoms with Crippen molar-refractivity contribution in [3.8, 4) is 33.6 Å². The molecule has 40 heavy (non-hydrogen) atoms. The Morgan fingerprint density at radius 2 is 0.925 bits per heavy atom. The minimum atomic E-state index is 0.874. The maximum Gasteiger partial charge on any atom is 0.0886 e. The third-order valence-electron chi connectivity index (χ3n) is 7.92. The molecule has 0 aliphatic rings. The Balaban J connectivity index is 1.37. The zero-order valence-electron chi connectivity index (χ0n) is 21.8. The number of aromatic nitrogens is 2. The molecular weight excluding hydrogens is 484 g/mol. The van der Waals surface area contributed by atoms with Gasteiger partial charge < -0.3 is 0 Å². The fourth-order valence-electron chi connectivity index (χ4n) is 5.94. The molecule has 2 heteroatoms. The van der Waals surface area contributed by atoms with Gasteiger partial charge in [0.1, 0.15) is 0 Å². The van der Waals surface area contributed by atoms with Gasteiger partial charge in [0.2, 0.25) is 0 Å². The van der Waals surface area contributed by atoms with Gasteiger partial charge in [0, 0.05) is 18.0 Å². The standard InChI is InChI=1S/C38H24N2/c1-2-9-26-21-34-29(20-25(26)8-1)12-7-13-32(34)33-17-16-31(35-22-27-10-3-4-11-28(27)23-36(33)35)30-15-18-38(40-24-30)37-14-5-6-19-39-37/h1-24H. The van der Waals surface area contributed by atoms with E-state index >= 15 is 0 Å². The first kappa shape index (κ1) is 22.6. The van der Waals surface area contributed by atoms with E-state index in [1.807, 2.05) is 24.4 Å². The van der Waals surface area contributed by atoms with E-state index in [4.69, 9.17) is 4.98 Å². The lowest BCUT2D eigenvalue weighted by Gasteiger charge is -2.16. The van der Waals surface area contributed by atoms with Crippen LogP contribution in [-0.2, 0) is 0 Å². The van der Waals surface area contributed by atoms with Crippen molar-refractivity contribution in [2.75, 3.05) is 0 Å². The van der Waals surface area contributed by atoms with Gasteiger partial charge in [-0.3, -0.25) is 9.97 Å². The van der Waals surface area contributed by atoms with Crippen molar-refractivity contribution in [3.63, 3.8) is 0 Å². The van der Waals surface area contributed by atoms with E-state index in [-0.39, 0.29) is 0 Å². The van der Waals surface area contributed by atoms with Crippen LogP contribution in [0.1, 0.15) is 0 Å². The normalized spacial score (nSPS) is 11.5. The molecule has 0 spiro atoms. The molecule has 6 aromatic carbocycles. The van der Waals surface area contributed by atoms with E-state index in [1.165, 1.54) is 59.8 Å². The number of hydrogen-bond donors (Lipinski definition) is 0. The van der Waals surface area contributed by atoms with Crippen molar-refractivity contribution < 1.29 is 0 Å². The summed E-state index contributed by atoms with van der Waals surface area (Å²) in [5.74, 6) is 0. The van der Waals surface area contributed by atoms with Crippen molar-refractivity contribution in [2.45, 2.75) is 0 Å². The number of fused-ring (bicyclic) bond motifs is 4. The van der Waals surface area contributed by atoms with Crippen LogP contribution in [0.2, 0.25) is 0 Å². The van der Waals surface area contributed by atoms with Gasteiger partial charge in [-0.1, -0.05) is 91.0 Å². The molecule has 0 radical (unpaired) electrons. The summed E-state index contributed by atoms with van der Waals surface area (Å²) in [5, 5.41) is 9.98. The Bertz CT molecular complexity index is 2200. The highest BCUT2D eigenvalue weighted by Gasteiger charge is 2.14. The summed E-state index contributed by atoms with van der Waals surface area (Å²) in [5.41, 5.74) is 6.51. The number of pyridine rings is 2. The third-order valence-corrected chi connectivity index (χ3v) is 7.92. The van der Waals surface area contributed by atoms with Crippen LogP contribution in [0.3, 0.4) is 0 Å². The van der Waals surface area contributed by atoms with Gasteiger partial charge in [0.05, 0.1) is 11.4 Å². The third kappa shape index (κ3) is 3.73. The molecule has 0 N–H and O–H groups in total. The van der Waals surface area contributed by atoms with Crippen LogP contribution in [-0.4, -0.2) is 9.97 Å². The van der Waals surface area contributed by atoms with E-state index in [0.29, 0.717) is 0 Å². The van der Waals surface area contributed by atoms with Crippen LogP contribution in [0, 0.1) is 0 Å². The molecule has 2 aromatic heterocycles. The van der Waals surface area contributed by atoms with Crippen LogP contribution in [0.5, 0.6) is 0 Å². The Hall–Kier alpha value is -5.34. The molecular formula is C38H24N2. The molecule has 186 valence electrons. The fourth-order valence-corrected chi connectivity index (χ4v) is 5.94. The smallest absolute Gasteiger partial charge is 0.0886 e. The fraction of sp³-hybridized carbons (Fsp3) is 0. The highest BCUT2D eigenvalue weighted by molar-refractivity contribution is 6.14. The van der Waals surface area contributed by atoms with Crippen LogP contribution in [0.15, 0.2) is 146 Å². The second kappa shape index (κ2) is 9.14. The van der Waals surface area contributed by atoms with Gasteiger partial charge in [-0.05, 0) is 102 Å². The molecule has 0 saturated carbocycles. The molecule has 0 unspecified atom stereocenters. The highest BCUT2D eigenvalue weighted by Crippen LogP contribution is 2.41. The maximum absolute atomic E-state index is 4.78. The van der Waals surface area contributed by atoms with E-state index in [9.17, 15) is 0 Å². The van der Waals surface area contributed by atoms with E-state index in [0.717, 1.165) is 17.0 Å². The molecule has 0 aliphatic carbocycles. The molecule has 0 amide bonds. The average Bonchev–Trinajstić information content (AvgIpc) is 3.02. The lowest BCUT2D eigenvalue weighted by molar-refractivity contribution is 1.25. The Kier molecular flexibility index (Phi) is 5.17. The summed E-state index contributed by atoms with van der Waals surface area (Å²) in [6.45, 7) is 0. The van der Waals surface area contributed by atoms with Crippen LogP contribution in [0.4, 0.5) is 0 Å². The van der Waals surface area contributed by atoms with Gasteiger partial charge in [0.15, 0.2) is 0 Å². The van der Waals surface area contributed by atoms with Crippen molar-refractivity contribution in [1.82, 2.24) is 9.97 Å². The van der Waals surface area contributed by atoms with Gasteiger partial charge in [-0.25, -0.2) is 0 Å². The summed E-state index contributed by atoms with van der Waals surface area (Å²) in [7, 11) is 0. The predicted octanol–water partition coefficient (Wildman–Crippen LogP) is 10.1. The molecule has 0 saturated heterocycles. The van der Waals surface area contributed by atoms with Crippen molar-refractivity contribution in [1.29, 1.82) is 0 Å². The largest absolute Gasteiger partial charge is 0.255 e. The van der Waals surface area contributed by atoms with Crippen LogP contribution in [0.25, 0.3) is 76.7 Å². The second-order valence-corrected chi connectivity index (χ2v) is 10.3. The lowest BCUT2D eigenvalue weighted by atomic mass is 9.88. The van der Waals surface area contributed by atoms with Gasteiger partial charge >= 0.3 is 0 Å². The van der Waals surface area contributed by atoms with E-state index < -0.39 is 0 Å². The van der Waals surface area contributed by atoms with Crippen molar-refractivity contribution >= 4 is 43.1 Å². The minimum Gasteiger partial charge on any atom is -0.255 e. The Labute approximate surface area is 232 Å². The quantitative estimate of drug-likeness (QED) is 0.222. The molecule has 2 nitrogen and oxygen atoms in total. The van der Waals surface area contributed by atoms with Gasteiger partial charge in [-0.15, -0.1) is 0 Å². The van der Waals surface area contributed by atoms with Gasteiger partial charge in [0.25, 0.3) is 0 Å². The molecule has 8 aromatic rings. The predicted molar refractivity (Wildman–Crippen MR) is 168 cm³/mol. The molecule has 2 heterocycles. The maximum atomic E-state index is 4.78. The van der Waals surface area contributed by atoms with Crippen LogP contribution >= 0.6 is 0 Å². The van der Waals surface area contributed by atoms with Crippen molar-refractivity contribution in [2.24, 2.45) is 0 Å². The lowest BCUT2D eigenvalue weighted by Crippen LogP contribution is -1.90. The summed E-state index contributed by atoms with van der Waals surface area (Å²) in [6.07, 6.45) is 3.77. The number of rotatable bonds is 3. The zero-order chi connectivity index (χ0) is 26.5.